The minimum atomic E-state index is 0.507. The van der Waals surface area contributed by atoms with E-state index in [2.05, 4.69) is 15.3 Å². The fourth-order valence-corrected chi connectivity index (χ4v) is 2.16. The molecule has 0 spiro atoms. The Morgan fingerprint density at radius 2 is 2.20 bits per heavy atom. The molecule has 3 aromatic rings. The number of nitrogens with one attached hydrogen (secondary N) is 1. The number of nitrogens with zero attached hydrogens (tertiary/aromatic N) is 3. The first kappa shape index (κ1) is 12.2. The van der Waals surface area contributed by atoms with Gasteiger partial charge in [-0.05, 0) is 30.7 Å². The number of amides is 1. The van der Waals surface area contributed by atoms with Crippen LogP contribution in [0.2, 0.25) is 0 Å². The van der Waals surface area contributed by atoms with Crippen molar-refractivity contribution in [2.45, 2.75) is 6.92 Å². The maximum Gasteiger partial charge on any atom is 0.212 e. The molecule has 0 aliphatic heterocycles. The second-order valence-corrected chi connectivity index (χ2v) is 4.50. The summed E-state index contributed by atoms with van der Waals surface area (Å²) in [4.78, 5) is 18.8. The number of imidazole rings is 1. The second kappa shape index (κ2) is 4.65. The maximum atomic E-state index is 10.4. The summed E-state index contributed by atoms with van der Waals surface area (Å²) in [6, 6.07) is 5.70. The van der Waals surface area contributed by atoms with E-state index >= 15 is 0 Å². The smallest absolute Gasteiger partial charge is 0.212 e. The Hall–Kier alpha value is -2.89. The number of carbonyl (C=O) groups is 1. The summed E-state index contributed by atoms with van der Waals surface area (Å²) in [5, 5.41) is 2.53. The summed E-state index contributed by atoms with van der Waals surface area (Å²) in [6.45, 7) is 1.99. The lowest BCUT2D eigenvalue weighted by Crippen LogP contribution is -1.93. The Bertz CT molecular complexity index is 793. The van der Waals surface area contributed by atoms with Gasteiger partial charge >= 0.3 is 0 Å². The predicted molar refractivity (Wildman–Crippen MR) is 77.3 cm³/mol. The highest BCUT2D eigenvalue weighted by atomic mass is 16.1. The third kappa shape index (κ3) is 2.07. The number of anilines is 2. The zero-order chi connectivity index (χ0) is 14.1. The van der Waals surface area contributed by atoms with E-state index < -0.39 is 0 Å². The maximum absolute atomic E-state index is 10.4. The number of aromatic nitrogens is 3. The number of nitrogens with two attached hydrogens (primary N) is 1. The van der Waals surface area contributed by atoms with Crippen molar-refractivity contribution in [1.82, 2.24) is 14.4 Å². The molecule has 0 unspecified atom stereocenters. The van der Waals surface area contributed by atoms with Gasteiger partial charge in [-0.25, -0.2) is 9.97 Å². The fraction of sp³-hybridized carbons (Fsp3) is 0.0714. The summed E-state index contributed by atoms with van der Waals surface area (Å²) in [6.07, 6.45) is 6.07. The van der Waals surface area contributed by atoms with E-state index in [0.717, 1.165) is 22.3 Å². The number of nitrogen functional groups attached to an aromatic ring is 1. The van der Waals surface area contributed by atoms with Gasteiger partial charge in [-0.15, -0.1) is 0 Å². The highest BCUT2D eigenvalue weighted by molar-refractivity contribution is 5.72. The van der Waals surface area contributed by atoms with Crippen molar-refractivity contribution in [3.8, 4) is 11.1 Å². The van der Waals surface area contributed by atoms with E-state index in [1.54, 1.807) is 12.4 Å². The van der Waals surface area contributed by atoms with Gasteiger partial charge in [-0.3, -0.25) is 4.79 Å². The predicted octanol–water partition coefficient (Wildman–Crippen LogP) is 1.86. The first-order valence-corrected chi connectivity index (χ1v) is 6.09. The second-order valence-electron chi connectivity index (χ2n) is 4.50. The molecule has 0 bridgehead atoms. The van der Waals surface area contributed by atoms with Gasteiger partial charge in [0, 0.05) is 23.5 Å². The molecule has 3 N–H and O–H groups in total. The molecule has 0 aliphatic rings. The molecule has 3 rings (SSSR count). The van der Waals surface area contributed by atoms with E-state index in [1.165, 1.54) is 0 Å². The van der Waals surface area contributed by atoms with E-state index in [4.69, 9.17) is 5.73 Å². The Kier molecular flexibility index (Phi) is 2.83. The Morgan fingerprint density at radius 1 is 1.35 bits per heavy atom. The van der Waals surface area contributed by atoms with Crippen LogP contribution in [0.5, 0.6) is 0 Å². The summed E-state index contributed by atoms with van der Waals surface area (Å²) in [5.41, 5.74) is 9.51. The van der Waals surface area contributed by atoms with Crippen molar-refractivity contribution in [3.63, 3.8) is 0 Å². The van der Waals surface area contributed by atoms with Crippen molar-refractivity contribution in [1.29, 1.82) is 0 Å². The van der Waals surface area contributed by atoms with Gasteiger partial charge < -0.3 is 15.5 Å². The summed E-state index contributed by atoms with van der Waals surface area (Å²) >= 11 is 0. The van der Waals surface area contributed by atoms with E-state index in [9.17, 15) is 4.79 Å². The molecule has 3 heterocycles. The molecule has 100 valence electrons. The third-order valence-electron chi connectivity index (χ3n) is 3.10. The number of pyridine rings is 2. The molecule has 0 saturated carbocycles. The van der Waals surface area contributed by atoms with Crippen molar-refractivity contribution < 1.29 is 4.79 Å². The highest BCUT2D eigenvalue weighted by Gasteiger charge is 2.06. The molecule has 0 aromatic carbocycles. The van der Waals surface area contributed by atoms with Gasteiger partial charge in [-0.1, -0.05) is 0 Å². The minimum absolute atomic E-state index is 0.507. The molecule has 0 saturated heterocycles. The van der Waals surface area contributed by atoms with Gasteiger partial charge in [0.05, 0.1) is 6.20 Å². The molecular weight excluding hydrogens is 254 g/mol. The number of carbonyl (C=O) groups excluding carboxylic acids is 1. The van der Waals surface area contributed by atoms with Crippen molar-refractivity contribution in [3.05, 3.63) is 42.4 Å². The van der Waals surface area contributed by atoms with Crippen LogP contribution in [0.15, 0.2) is 36.8 Å². The number of fused-ring (bicyclic) bond motifs is 1. The lowest BCUT2D eigenvalue weighted by molar-refractivity contribution is -0.105. The molecule has 20 heavy (non-hydrogen) atoms. The van der Waals surface area contributed by atoms with Gasteiger partial charge in [0.1, 0.15) is 11.5 Å². The Morgan fingerprint density at radius 3 is 2.95 bits per heavy atom. The average Bonchev–Trinajstić information content (AvgIpc) is 2.80. The Balaban J connectivity index is 2.09. The summed E-state index contributed by atoms with van der Waals surface area (Å²) in [7, 11) is 0. The van der Waals surface area contributed by atoms with Gasteiger partial charge in [-0.2, -0.15) is 0 Å². The SMILES string of the molecule is Cc1cc(N)ncc1-c1ccc2nc(NC=O)cn2c1. The molecule has 6 nitrogen and oxygen atoms in total. The van der Waals surface area contributed by atoms with Crippen LogP contribution in [-0.4, -0.2) is 20.8 Å². The molecule has 6 heteroatoms. The van der Waals surface area contributed by atoms with Crippen LogP contribution < -0.4 is 11.1 Å². The fourth-order valence-electron chi connectivity index (χ4n) is 2.16. The van der Waals surface area contributed by atoms with Crippen LogP contribution in [0.1, 0.15) is 5.56 Å². The highest BCUT2D eigenvalue weighted by Crippen LogP contribution is 2.24. The average molecular weight is 267 g/mol. The van der Waals surface area contributed by atoms with Crippen LogP contribution in [0.4, 0.5) is 11.6 Å². The third-order valence-corrected chi connectivity index (χ3v) is 3.10. The molecule has 0 fully saturated rings. The molecular formula is C14H13N5O. The first-order valence-electron chi connectivity index (χ1n) is 6.09. The van der Waals surface area contributed by atoms with Crippen LogP contribution in [0.3, 0.4) is 0 Å². The van der Waals surface area contributed by atoms with Crippen molar-refractivity contribution in [2.24, 2.45) is 0 Å². The summed E-state index contributed by atoms with van der Waals surface area (Å²) in [5.74, 6) is 1.02. The molecule has 0 aliphatic carbocycles. The largest absolute Gasteiger partial charge is 0.384 e. The van der Waals surface area contributed by atoms with E-state index in [1.807, 2.05) is 35.7 Å². The van der Waals surface area contributed by atoms with Gasteiger partial charge in [0.2, 0.25) is 6.41 Å². The van der Waals surface area contributed by atoms with Crippen molar-refractivity contribution >= 4 is 23.7 Å². The van der Waals surface area contributed by atoms with Crippen LogP contribution >= 0.6 is 0 Å². The minimum Gasteiger partial charge on any atom is -0.384 e. The number of hydrogen-bond donors (Lipinski definition) is 2. The monoisotopic (exact) mass is 267 g/mol. The molecule has 3 aromatic heterocycles. The van der Waals surface area contributed by atoms with E-state index in [-0.39, 0.29) is 0 Å². The number of rotatable bonds is 3. The topological polar surface area (TPSA) is 85.3 Å². The van der Waals surface area contributed by atoms with Crippen LogP contribution in [-0.2, 0) is 4.79 Å². The first-order chi connectivity index (χ1) is 9.67. The van der Waals surface area contributed by atoms with Gasteiger partial charge in [0.25, 0.3) is 0 Å². The number of aryl methyl sites for hydroxylation is 1. The van der Waals surface area contributed by atoms with Crippen LogP contribution in [0.25, 0.3) is 16.8 Å². The number of hydrogen-bond acceptors (Lipinski definition) is 4. The lowest BCUT2D eigenvalue weighted by Gasteiger charge is -2.06. The zero-order valence-corrected chi connectivity index (χ0v) is 10.9. The Labute approximate surface area is 115 Å². The molecule has 1 amide bonds. The van der Waals surface area contributed by atoms with E-state index in [0.29, 0.717) is 18.0 Å². The molecule has 0 atom stereocenters. The normalized spacial score (nSPS) is 10.7. The van der Waals surface area contributed by atoms with Crippen LogP contribution in [0, 0.1) is 6.92 Å². The summed E-state index contributed by atoms with van der Waals surface area (Å²) < 4.78 is 1.86. The van der Waals surface area contributed by atoms with Crippen molar-refractivity contribution in [2.75, 3.05) is 11.1 Å². The lowest BCUT2D eigenvalue weighted by atomic mass is 10.1. The standard InChI is InChI=1S/C14H13N5O/c1-9-4-12(15)16-5-11(9)10-2-3-14-18-13(17-8-20)7-19(14)6-10/h2-8H,1H3,(H2,15,16)(H,17,20). The molecule has 0 radical (unpaired) electrons. The quantitative estimate of drug-likeness (QED) is 0.709. The zero-order valence-electron chi connectivity index (χ0n) is 10.9. The van der Waals surface area contributed by atoms with Gasteiger partial charge in [0.15, 0.2) is 5.82 Å².